The highest BCUT2D eigenvalue weighted by Crippen LogP contribution is 2.31. The molecule has 0 unspecified atom stereocenters. The zero-order chi connectivity index (χ0) is 17.6. The number of hydrogen-bond acceptors (Lipinski definition) is 8. The molecule has 1 fully saturated rings. The van der Waals surface area contributed by atoms with Crippen LogP contribution in [-0.4, -0.2) is 53.9 Å². The Morgan fingerprint density at radius 1 is 1.13 bits per heavy atom. The molecule has 0 aromatic rings. The fourth-order valence-electron chi connectivity index (χ4n) is 2.06. The Hall–Kier alpha value is -1.84. The SMILES string of the molecule is CC(=O)OC[C@H]1O[C@H](Br)[C@H](OC(C)=O)[C@@H](N=[N+]=[N-])[C@@H]1OC(C)=O. The number of esters is 3. The largest absolute Gasteiger partial charge is 0.463 e. The molecule has 0 aromatic carbocycles. The summed E-state index contributed by atoms with van der Waals surface area (Å²) < 4.78 is 20.6. The van der Waals surface area contributed by atoms with Crippen molar-refractivity contribution in [2.24, 2.45) is 5.11 Å². The first kappa shape index (κ1) is 19.2. The van der Waals surface area contributed by atoms with E-state index in [-0.39, 0.29) is 6.61 Å². The van der Waals surface area contributed by atoms with E-state index in [2.05, 4.69) is 26.0 Å². The van der Waals surface area contributed by atoms with Crippen LogP contribution in [0.15, 0.2) is 5.11 Å². The molecule has 0 radical (unpaired) electrons. The summed E-state index contributed by atoms with van der Waals surface area (Å²) in [7, 11) is 0. The van der Waals surface area contributed by atoms with Gasteiger partial charge in [0, 0.05) is 25.7 Å². The lowest BCUT2D eigenvalue weighted by Gasteiger charge is -2.41. The van der Waals surface area contributed by atoms with E-state index in [1.54, 1.807) is 0 Å². The van der Waals surface area contributed by atoms with Gasteiger partial charge in [-0.15, -0.1) is 0 Å². The highest BCUT2D eigenvalue weighted by Gasteiger charge is 2.48. The minimum Gasteiger partial charge on any atom is -0.463 e. The number of halogens is 1. The molecular formula is C12H16BrN3O7. The van der Waals surface area contributed by atoms with Crippen LogP contribution in [0.3, 0.4) is 0 Å². The second-order valence-electron chi connectivity index (χ2n) is 4.67. The molecule has 0 saturated carbocycles. The Balaban J connectivity index is 3.09. The molecule has 0 spiro atoms. The van der Waals surface area contributed by atoms with E-state index in [4.69, 9.17) is 24.5 Å². The van der Waals surface area contributed by atoms with Crippen LogP contribution in [0.1, 0.15) is 20.8 Å². The topological polar surface area (TPSA) is 137 Å². The first-order chi connectivity index (χ1) is 10.8. The van der Waals surface area contributed by atoms with Crippen LogP contribution in [0.25, 0.3) is 10.4 Å². The van der Waals surface area contributed by atoms with Gasteiger partial charge in [-0.05, 0) is 5.53 Å². The van der Waals surface area contributed by atoms with E-state index in [1.165, 1.54) is 13.8 Å². The molecule has 1 aliphatic heterocycles. The van der Waals surface area contributed by atoms with Crippen LogP contribution in [0.5, 0.6) is 0 Å². The minimum atomic E-state index is -1.08. The molecule has 11 heteroatoms. The lowest BCUT2D eigenvalue weighted by molar-refractivity contribution is -0.199. The van der Waals surface area contributed by atoms with Gasteiger partial charge in [-0.3, -0.25) is 14.4 Å². The third kappa shape index (κ3) is 5.70. The summed E-state index contributed by atoms with van der Waals surface area (Å²) in [6, 6.07) is -1.05. The zero-order valence-corrected chi connectivity index (χ0v) is 14.3. The summed E-state index contributed by atoms with van der Waals surface area (Å²) in [6.07, 6.45) is -2.99. The summed E-state index contributed by atoms with van der Waals surface area (Å²) in [6.45, 7) is 3.33. The van der Waals surface area contributed by atoms with E-state index in [1.807, 2.05) is 0 Å². The van der Waals surface area contributed by atoms with Gasteiger partial charge in [-0.25, -0.2) is 0 Å². The summed E-state index contributed by atoms with van der Waals surface area (Å²) >= 11 is 3.17. The van der Waals surface area contributed by atoms with E-state index < -0.39 is 47.3 Å². The number of nitrogens with zero attached hydrogens (tertiary/aromatic N) is 3. The Labute approximate surface area is 140 Å². The van der Waals surface area contributed by atoms with Crippen LogP contribution < -0.4 is 0 Å². The molecule has 0 bridgehead atoms. The van der Waals surface area contributed by atoms with Crippen molar-refractivity contribution in [1.82, 2.24) is 0 Å². The number of carbonyl (C=O) groups is 3. The highest BCUT2D eigenvalue weighted by atomic mass is 79.9. The molecule has 128 valence electrons. The smallest absolute Gasteiger partial charge is 0.303 e. The van der Waals surface area contributed by atoms with Gasteiger partial charge in [0.1, 0.15) is 31.0 Å². The van der Waals surface area contributed by atoms with Crippen molar-refractivity contribution in [3.8, 4) is 0 Å². The zero-order valence-electron chi connectivity index (χ0n) is 12.7. The molecule has 0 N–H and O–H groups in total. The fraction of sp³-hybridized carbons (Fsp3) is 0.750. The number of rotatable bonds is 5. The second-order valence-corrected chi connectivity index (χ2v) is 5.57. The van der Waals surface area contributed by atoms with Crippen LogP contribution in [0, 0.1) is 0 Å². The predicted octanol–water partition coefficient (Wildman–Crippen LogP) is 1.21. The van der Waals surface area contributed by atoms with Gasteiger partial charge in [0.05, 0.1) is 0 Å². The third-order valence-corrected chi connectivity index (χ3v) is 3.58. The lowest BCUT2D eigenvalue weighted by atomic mass is 9.97. The molecule has 0 aliphatic carbocycles. The van der Waals surface area contributed by atoms with Gasteiger partial charge >= 0.3 is 17.9 Å². The molecule has 5 atom stereocenters. The normalized spacial score (nSPS) is 29.8. The van der Waals surface area contributed by atoms with Crippen LogP contribution in [0.2, 0.25) is 0 Å². The average Bonchev–Trinajstić information content (AvgIpc) is 2.43. The molecule has 0 aromatic heterocycles. The maximum atomic E-state index is 11.3. The van der Waals surface area contributed by atoms with E-state index >= 15 is 0 Å². The van der Waals surface area contributed by atoms with Crippen molar-refractivity contribution in [2.45, 2.75) is 50.1 Å². The summed E-state index contributed by atoms with van der Waals surface area (Å²) in [5.74, 6) is -1.83. The van der Waals surface area contributed by atoms with Crippen molar-refractivity contribution in [1.29, 1.82) is 0 Å². The molecule has 1 saturated heterocycles. The monoisotopic (exact) mass is 393 g/mol. The first-order valence-corrected chi connectivity index (χ1v) is 7.49. The molecular weight excluding hydrogens is 378 g/mol. The highest BCUT2D eigenvalue weighted by molar-refractivity contribution is 9.09. The molecule has 1 heterocycles. The number of carbonyl (C=O) groups excluding carboxylic acids is 3. The molecule has 0 amide bonds. The standard InChI is InChI=1S/C12H16BrN3O7/c1-5(17)20-4-8-10(21-6(2)18)9(15-16-14)11(12(13)23-8)22-7(3)19/h8-12H,4H2,1-3H3/t8-,9+,10-,11-,12+/m1/s1. The van der Waals surface area contributed by atoms with Crippen molar-refractivity contribution in [3.63, 3.8) is 0 Å². The summed E-state index contributed by atoms with van der Waals surface area (Å²) in [5, 5.41) is 2.72. The molecule has 23 heavy (non-hydrogen) atoms. The summed E-state index contributed by atoms with van der Waals surface area (Å²) in [4.78, 5) is 36.2. The first-order valence-electron chi connectivity index (χ1n) is 6.57. The Kier molecular flexibility index (Phi) is 7.27. The van der Waals surface area contributed by atoms with Gasteiger partial charge in [0.2, 0.25) is 0 Å². The molecule has 10 nitrogen and oxygen atoms in total. The van der Waals surface area contributed by atoms with Gasteiger partial charge in [-0.2, -0.15) is 0 Å². The van der Waals surface area contributed by atoms with Crippen molar-refractivity contribution in [2.75, 3.05) is 6.61 Å². The number of azide groups is 1. The summed E-state index contributed by atoms with van der Waals surface area (Å²) in [5.41, 5.74) is 8.75. The van der Waals surface area contributed by atoms with Crippen LogP contribution >= 0.6 is 15.9 Å². The average molecular weight is 394 g/mol. The van der Waals surface area contributed by atoms with E-state index in [0.717, 1.165) is 6.92 Å². The van der Waals surface area contributed by atoms with Crippen molar-refractivity contribution < 1.29 is 33.3 Å². The van der Waals surface area contributed by atoms with E-state index in [0.29, 0.717) is 0 Å². The minimum absolute atomic E-state index is 0.223. The molecule has 1 aliphatic rings. The van der Waals surface area contributed by atoms with E-state index in [9.17, 15) is 14.4 Å². The fourth-order valence-corrected chi connectivity index (χ4v) is 2.76. The Bertz CT molecular complexity index is 523. The van der Waals surface area contributed by atoms with Gasteiger partial charge in [0.15, 0.2) is 5.01 Å². The van der Waals surface area contributed by atoms with Crippen LogP contribution in [0.4, 0.5) is 0 Å². The number of hydrogen-bond donors (Lipinski definition) is 0. The van der Waals surface area contributed by atoms with Gasteiger partial charge in [-0.1, -0.05) is 21.0 Å². The van der Waals surface area contributed by atoms with Crippen molar-refractivity contribution >= 4 is 33.8 Å². The predicted molar refractivity (Wildman–Crippen MR) is 78.3 cm³/mol. The van der Waals surface area contributed by atoms with Gasteiger partial charge in [0.25, 0.3) is 0 Å². The maximum Gasteiger partial charge on any atom is 0.303 e. The lowest BCUT2D eigenvalue weighted by Crippen LogP contribution is -2.58. The maximum absolute atomic E-state index is 11.3. The number of alkyl halides is 1. The van der Waals surface area contributed by atoms with Crippen LogP contribution in [-0.2, 0) is 33.3 Å². The Morgan fingerprint density at radius 3 is 2.17 bits per heavy atom. The quantitative estimate of drug-likeness (QED) is 0.171. The number of ether oxygens (including phenoxy) is 4. The van der Waals surface area contributed by atoms with Crippen molar-refractivity contribution in [3.05, 3.63) is 10.4 Å². The Morgan fingerprint density at radius 2 is 1.70 bits per heavy atom. The third-order valence-electron chi connectivity index (χ3n) is 2.84. The second kappa shape index (κ2) is 8.70. The molecule has 1 rings (SSSR count). The van der Waals surface area contributed by atoms with Gasteiger partial charge < -0.3 is 18.9 Å².